The van der Waals surface area contributed by atoms with Crippen molar-refractivity contribution in [3.05, 3.63) is 40.7 Å². The van der Waals surface area contributed by atoms with Crippen molar-refractivity contribution >= 4 is 11.6 Å². The Morgan fingerprint density at radius 1 is 1.35 bits per heavy atom. The summed E-state index contributed by atoms with van der Waals surface area (Å²) in [6.07, 6.45) is 1.81. The predicted octanol–water partition coefficient (Wildman–Crippen LogP) is 2.42. The van der Waals surface area contributed by atoms with Crippen molar-refractivity contribution in [2.24, 2.45) is 5.73 Å². The molecule has 0 aliphatic carbocycles. The summed E-state index contributed by atoms with van der Waals surface area (Å²) in [7, 11) is 0. The van der Waals surface area contributed by atoms with Gasteiger partial charge in [-0.25, -0.2) is 4.68 Å². The molecule has 1 heterocycles. The quantitative estimate of drug-likeness (QED) is 0.891. The average molecular weight is 251 g/mol. The largest absolute Gasteiger partial charge is 0.320 e. The van der Waals surface area contributed by atoms with Gasteiger partial charge in [0.15, 0.2) is 0 Å². The predicted molar refractivity (Wildman–Crippen MR) is 68.3 cm³/mol. The van der Waals surface area contributed by atoms with Crippen molar-refractivity contribution in [1.82, 2.24) is 15.0 Å². The zero-order valence-corrected chi connectivity index (χ0v) is 10.9. The third kappa shape index (κ3) is 2.33. The Kier molecular flexibility index (Phi) is 2.93. The van der Waals surface area contributed by atoms with Crippen molar-refractivity contribution in [3.63, 3.8) is 0 Å². The van der Waals surface area contributed by atoms with Crippen molar-refractivity contribution in [2.45, 2.75) is 26.3 Å². The van der Waals surface area contributed by atoms with Gasteiger partial charge in [0, 0.05) is 0 Å². The highest BCUT2D eigenvalue weighted by Gasteiger charge is 2.19. The molecule has 2 N–H and O–H groups in total. The Hall–Kier alpha value is -1.39. The summed E-state index contributed by atoms with van der Waals surface area (Å²) in [5.74, 6) is 0. The zero-order chi connectivity index (χ0) is 12.6. The fourth-order valence-corrected chi connectivity index (χ4v) is 1.70. The summed E-state index contributed by atoms with van der Waals surface area (Å²) < 4.78 is 1.65. The Labute approximate surface area is 105 Å². The van der Waals surface area contributed by atoms with E-state index in [0.29, 0.717) is 5.02 Å². The molecule has 2 aromatic rings. The third-order valence-electron chi connectivity index (χ3n) is 2.57. The average Bonchev–Trinajstić information content (AvgIpc) is 2.70. The lowest BCUT2D eigenvalue weighted by atomic mass is 10.0. The van der Waals surface area contributed by atoms with Crippen molar-refractivity contribution in [1.29, 1.82) is 0 Å². The first-order valence-corrected chi connectivity index (χ1v) is 5.74. The maximum absolute atomic E-state index is 6.23. The van der Waals surface area contributed by atoms with Crippen molar-refractivity contribution in [2.75, 3.05) is 0 Å². The standard InChI is InChI=1S/C12H15ClN4/c1-8-5-4-6-9(11(8)13)17-7-10(15-16-17)12(2,3)14/h4-7H,14H2,1-3H3. The minimum atomic E-state index is -0.505. The molecule has 0 aliphatic heterocycles. The van der Waals surface area contributed by atoms with Gasteiger partial charge in [0.1, 0.15) is 5.69 Å². The molecule has 17 heavy (non-hydrogen) atoms. The highest BCUT2D eigenvalue weighted by Crippen LogP contribution is 2.24. The van der Waals surface area contributed by atoms with E-state index in [1.165, 1.54) is 0 Å². The monoisotopic (exact) mass is 250 g/mol. The Morgan fingerprint density at radius 3 is 2.65 bits per heavy atom. The van der Waals surface area contributed by atoms with Gasteiger partial charge in [-0.15, -0.1) is 5.10 Å². The van der Waals surface area contributed by atoms with Gasteiger partial charge < -0.3 is 5.73 Å². The van der Waals surface area contributed by atoms with Crippen LogP contribution in [-0.2, 0) is 5.54 Å². The lowest BCUT2D eigenvalue weighted by Crippen LogP contribution is -2.29. The molecule has 0 bridgehead atoms. The minimum Gasteiger partial charge on any atom is -0.320 e. The lowest BCUT2D eigenvalue weighted by molar-refractivity contribution is 0.533. The molecule has 0 saturated heterocycles. The molecule has 1 aromatic heterocycles. The van der Waals surface area contributed by atoms with Gasteiger partial charge in [-0.05, 0) is 32.4 Å². The molecule has 0 aliphatic rings. The molecule has 0 unspecified atom stereocenters. The second-order valence-corrected chi connectivity index (χ2v) is 5.06. The number of halogens is 1. The van der Waals surface area contributed by atoms with Gasteiger partial charge in [0.25, 0.3) is 0 Å². The van der Waals surface area contributed by atoms with Crippen LogP contribution in [0.1, 0.15) is 25.1 Å². The SMILES string of the molecule is Cc1cccc(-n2cc(C(C)(C)N)nn2)c1Cl. The van der Waals surface area contributed by atoms with Crippen LogP contribution in [0, 0.1) is 6.92 Å². The van der Waals surface area contributed by atoms with Gasteiger partial charge in [0.05, 0.1) is 22.4 Å². The lowest BCUT2D eigenvalue weighted by Gasteiger charge is -2.13. The van der Waals surface area contributed by atoms with Crippen molar-refractivity contribution < 1.29 is 0 Å². The highest BCUT2D eigenvalue weighted by atomic mass is 35.5. The van der Waals surface area contributed by atoms with Crippen molar-refractivity contribution in [3.8, 4) is 5.69 Å². The number of nitrogens with two attached hydrogens (primary N) is 1. The smallest absolute Gasteiger partial charge is 0.102 e. The number of benzene rings is 1. The number of hydrogen-bond acceptors (Lipinski definition) is 3. The second-order valence-electron chi connectivity index (χ2n) is 4.68. The number of aryl methyl sites for hydroxylation is 1. The van der Waals surface area contributed by atoms with Gasteiger partial charge >= 0.3 is 0 Å². The van der Waals surface area contributed by atoms with E-state index in [2.05, 4.69) is 10.3 Å². The normalized spacial score (nSPS) is 11.8. The number of nitrogens with zero attached hydrogens (tertiary/aromatic N) is 3. The molecule has 0 amide bonds. The van der Waals surface area contributed by atoms with Gasteiger partial charge in [-0.1, -0.05) is 28.9 Å². The maximum Gasteiger partial charge on any atom is 0.102 e. The van der Waals surface area contributed by atoms with E-state index in [0.717, 1.165) is 16.9 Å². The van der Waals surface area contributed by atoms with Gasteiger partial charge in [-0.2, -0.15) is 0 Å². The summed E-state index contributed by atoms with van der Waals surface area (Å²) in [5.41, 5.74) is 8.02. The first-order valence-electron chi connectivity index (χ1n) is 5.37. The maximum atomic E-state index is 6.23. The van der Waals surface area contributed by atoms with E-state index < -0.39 is 5.54 Å². The van der Waals surface area contributed by atoms with E-state index >= 15 is 0 Å². The van der Waals surface area contributed by atoms with E-state index in [1.807, 2.05) is 39.0 Å². The third-order valence-corrected chi connectivity index (χ3v) is 3.06. The van der Waals surface area contributed by atoms with Crippen LogP contribution in [0.3, 0.4) is 0 Å². The molecule has 1 aromatic carbocycles. The van der Waals surface area contributed by atoms with E-state index in [-0.39, 0.29) is 0 Å². The fraction of sp³-hybridized carbons (Fsp3) is 0.333. The second kappa shape index (κ2) is 4.13. The molecule has 0 saturated carbocycles. The van der Waals surface area contributed by atoms with Crippen LogP contribution < -0.4 is 5.73 Å². The Morgan fingerprint density at radius 2 is 2.06 bits per heavy atom. The molecule has 2 rings (SSSR count). The number of aromatic nitrogens is 3. The molecule has 0 spiro atoms. The van der Waals surface area contributed by atoms with E-state index in [1.54, 1.807) is 10.9 Å². The highest BCUT2D eigenvalue weighted by molar-refractivity contribution is 6.33. The summed E-state index contributed by atoms with van der Waals surface area (Å²) in [4.78, 5) is 0. The first-order chi connectivity index (χ1) is 7.89. The zero-order valence-electron chi connectivity index (χ0n) is 10.1. The summed E-state index contributed by atoms with van der Waals surface area (Å²) >= 11 is 6.23. The summed E-state index contributed by atoms with van der Waals surface area (Å²) in [6.45, 7) is 5.73. The summed E-state index contributed by atoms with van der Waals surface area (Å²) in [5, 5.41) is 8.80. The molecule has 0 radical (unpaired) electrons. The Bertz CT molecular complexity index is 540. The van der Waals surface area contributed by atoms with Crippen LogP contribution in [0.5, 0.6) is 0 Å². The molecule has 0 atom stereocenters. The molecule has 90 valence electrons. The van der Waals surface area contributed by atoms with Crippen LogP contribution in [0.4, 0.5) is 0 Å². The van der Waals surface area contributed by atoms with E-state index in [4.69, 9.17) is 17.3 Å². The van der Waals surface area contributed by atoms with Crippen LogP contribution in [0.15, 0.2) is 24.4 Å². The molecule has 4 nitrogen and oxygen atoms in total. The topological polar surface area (TPSA) is 56.7 Å². The van der Waals surface area contributed by atoms with E-state index in [9.17, 15) is 0 Å². The van der Waals surface area contributed by atoms with Crippen LogP contribution in [-0.4, -0.2) is 15.0 Å². The number of hydrogen-bond donors (Lipinski definition) is 1. The molecule has 5 heteroatoms. The van der Waals surface area contributed by atoms with Gasteiger partial charge in [-0.3, -0.25) is 0 Å². The van der Waals surface area contributed by atoms with Crippen LogP contribution >= 0.6 is 11.6 Å². The minimum absolute atomic E-state index is 0.505. The first kappa shape index (κ1) is 12.1. The van der Waals surface area contributed by atoms with Gasteiger partial charge in [0.2, 0.25) is 0 Å². The molecular weight excluding hydrogens is 236 g/mol. The molecule has 0 fully saturated rings. The molecular formula is C12H15ClN4. The summed E-state index contributed by atoms with van der Waals surface area (Å²) in [6, 6.07) is 5.79. The van der Waals surface area contributed by atoms with Crippen LogP contribution in [0.2, 0.25) is 5.02 Å². The fourth-order valence-electron chi connectivity index (χ4n) is 1.49. The Balaban J connectivity index is 2.48. The number of rotatable bonds is 2. The van der Waals surface area contributed by atoms with Crippen LogP contribution in [0.25, 0.3) is 5.69 Å².